The van der Waals surface area contributed by atoms with Crippen LogP contribution in [0.15, 0.2) is 60.7 Å². The van der Waals surface area contributed by atoms with E-state index in [4.69, 9.17) is 0 Å². The molecule has 0 spiro atoms. The molecule has 0 aliphatic carbocycles. The molecular weight excluding hydrogens is 220 g/mol. The van der Waals surface area contributed by atoms with Gasteiger partial charge in [0.05, 0.1) is 5.54 Å². The number of benzene rings is 2. The highest BCUT2D eigenvalue weighted by atomic mass is 15.4. The maximum absolute atomic E-state index is 3.62. The molecule has 1 fully saturated rings. The molecule has 3 rings (SSSR count). The lowest BCUT2D eigenvalue weighted by Gasteiger charge is -2.21. The van der Waals surface area contributed by atoms with E-state index in [0.717, 1.165) is 5.69 Å². The van der Waals surface area contributed by atoms with E-state index in [2.05, 4.69) is 79.1 Å². The van der Waals surface area contributed by atoms with Crippen molar-refractivity contribution in [2.24, 2.45) is 0 Å². The van der Waals surface area contributed by atoms with Gasteiger partial charge >= 0.3 is 0 Å². The third-order valence-corrected chi connectivity index (χ3v) is 3.69. The summed E-state index contributed by atoms with van der Waals surface area (Å²) >= 11 is 0. The van der Waals surface area contributed by atoms with E-state index < -0.39 is 0 Å². The van der Waals surface area contributed by atoms with Gasteiger partial charge in [0.25, 0.3) is 0 Å². The first kappa shape index (κ1) is 11.3. The molecule has 1 heterocycles. The number of nitrogens with one attached hydrogen (secondary N) is 2. The van der Waals surface area contributed by atoms with Gasteiger partial charge in [-0.2, -0.15) is 0 Å². The molecule has 1 saturated heterocycles. The highest BCUT2D eigenvalue weighted by Crippen LogP contribution is 2.46. The molecule has 0 radical (unpaired) electrons. The fraction of sp³-hybridized carbons (Fsp3) is 0.250. The summed E-state index contributed by atoms with van der Waals surface area (Å²) < 4.78 is 0. The average Bonchev–Trinajstić information content (AvgIpc) is 2.94. The maximum Gasteiger partial charge on any atom is 0.133 e. The van der Waals surface area contributed by atoms with Gasteiger partial charge < -0.3 is 5.32 Å². The van der Waals surface area contributed by atoms with Gasteiger partial charge in [-0.15, -0.1) is 0 Å². The lowest BCUT2D eigenvalue weighted by atomic mass is 9.96. The fourth-order valence-electron chi connectivity index (χ4n) is 2.56. The highest BCUT2D eigenvalue weighted by molar-refractivity contribution is 5.53. The van der Waals surface area contributed by atoms with E-state index >= 15 is 0 Å². The third kappa shape index (κ3) is 1.70. The van der Waals surface area contributed by atoms with E-state index in [-0.39, 0.29) is 11.2 Å². The predicted octanol–water partition coefficient (Wildman–Crippen LogP) is 3.33. The molecule has 0 saturated carbocycles. The van der Waals surface area contributed by atoms with E-state index in [9.17, 15) is 0 Å². The lowest BCUT2D eigenvalue weighted by Crippen LogP contribution is -2.28. The molecule has 0 amide bonds. The largest absolute Gasteiger partial charge is 0.362 e. The topological polar surface area (TPSA) is 34.0 Å². The number of para-hydroxylation sites is 1. The molecule has 1 atom stereocenters. The first-order valence-electron chi connectivity index (χ1n) is 6.32. The van der Waals surface area contributed by atoms with Gasteiger partial charge in [-0.1, -0.05) is 48.5 Å². The van der Waals surface area contributed by atoms with E-state index in [1.165, 1.54) is 5.56 Å². The molecule has 2 aromatic carbocycles. The third-order valence-electron chi connectivity index (χ3n) is 3.69. The van der Waals surface area contributed by atoms with Crippen LogP contribution in [0.3, 0.4) is 0 Å². The molecule has 2 nitrogen and oxygen atoms in total. The Bertz CT molecular complexity index is 534. The van der Waals surface area contributed by atoms with Gasteiger partial charge in [-0.05, 0) is 31.5 Å². The summed E-state index contributed by atoms with van der Waals surface area (Å²) in [6, 6.07) is 20.9. The quantitative estimate of drug-likeness (QED) is 0.804. The number of hydrogen-bond donors (Lipinski definition) is 2. The Labute approximate surface area is 108 Å². The van der Waals surface area contributed by atoms with Crippen molar-refractivity contribution < 1.29 is 0 Å². The van der Waals surface area contributed by atoms with Crippen molar-refractivity contribution in [2.75, 3.05) is 5.32 Å². The van der Waals surface area contributed by atoms with Crippen molar-refractivity contribution >= 4 is 5.69 Å². The molecule has 92 valence electrons. The molecule has 0 aromatic heterocycles. The van der Waals surface area contributed by atoms with Gasteiger partial charge in [-0.25, -0.2) is 0 Å². The van der Waals surface area contributed by atoms with Crippen LogP contribution in [-0.4, -0.2) is 5.54 Å². The predicted molar refractivity (Wildman–Crippen MR) is 75.4 cm³/mol. The Morgan fingerprint density at radius 3 is 1.83 bits per heavy atom. The SMILES string of the molecule is CC1(C)NC1(Nc1ccccc1)c1ccccc1. The average molecular weight is 238 g/mol. The van der Waals surface area contributed by atoms with Gasteiger partial charge in [0.15, 0.2) is 0 Å². The summed E-state index contributed by atoms with van der Waals surface area (Å²) in [6.07, 6.45) is 0. The highest BCUT2D eigenvalue weighted by Gasteiger charge is 2.62. The molecule has 1 aliphatic rings. The summed E-state index contributed by atoms with van der Waals surface area (Å²) in [6.45, 7) is 4.44. The van der Waals surface area contributed by atoms with Crippen molar-refractivity contribution in [3.05, 3.63) is 66.2 Å². The summed E-state index contributed by atoms with van der Waals surface area (Å²) in [4.78, 5) is 0. The van der Waals surface area contributed by atoms with Crippen LogP contribution in [0.1, 0.15) is 19.4 Å². The Hall–Kier alpha value is -1.80. The smallest absolute Gasteiger partial charge is 0.133 e. The van der Waals surface area contributed by atoms with Crippen LogP contribution in [-0.2, 0) is 5.66 Å². The van der Waals surface area contributed by atoms with Crippen LogP contribution in [0, 0.1) is 0 Å². The number of hydrogen-bond acceptors (Lipinski definition) is 2. The molecule has 2 heteroatoms. The van der Waals surface area contributed by atoms with Gasteiger partial charge in [0.2, 0.25) is 0 Å². The summed E-state index contributed by atoms with van der Waals surface area (Å²) in [5.74, 6) is 0. The molecule has 18 heavy (non-hydrogen) atoms. The Kier molecular flexibility index (Phi) is 2.42. The summed E-state index contributed by atoms with van der Waals surface area (Å²) in [5, 5.41) is 7.20. The zero-order valence-electron chi connectivity index (χ0n) is 10.8. The van der Waals surface area contributed by atoms with Crippen LogP contribution >= 0.6 is 0 Å². The van der Waals surface area contributed by atoms with Crippen molar-refractivity contribution in [3.63, 3.8) is 0 Å². The Morgan fingerprint density at radius 2 is 1.33 bits per heavy atom. The fourth-order valence-corrected chi connectivity index (χ4v) is 2.56. The van der Waals surface area contributed by atoms with Gasteiger partial charge in [0.1, 0.15) is 5.66 Å². The minimum atomic E-state index is -0.157. The van der Waals surface area contributed by atoms with Crippen molar-refractivity contribution in [1.29, 1.82) is 0 Å². The number of anilines is 1. The number of rotatable bonds is 3. The van der Waals surface area contributed by atoms with E-state index in [1.54, 1.807) is 0 Å². The summed E-state index contributed by atoms with van der Waals surface area (Å²) in [7, 11) is 0. The van der Waals surface area contributed by atoms with E-state index in [0.29, 0.717) is 0 Å². The van der Waals surface area contributed by atoms with Crippen molar-refractivity contribution in [3.8, 4) is 0 Å². The standard InChI is InChI=1S/C16H18N2/c1-15(2)16(18-15,13-9-5-3-6-10-13)17-14-11-7-4-8-12-14/h3-12,17-18H,1-2H3. The normalized spacial score (nSPS) is 24.6. The second kappa shape index (κ2) is 3.85. The van der Waals surface area contributed by atoms with Crippen LogP contribution in [0.25, 0.3) is 0 Å². The van der Waals surface area contributed by atoms with E-state index in [1.807, 2.05) is 6.07 Å². The monoisotopic (exact) mass is 238 g/mol. The molecule has 1 aliphatic heterocycles. The second-order valence-electron chi connectivity index (χ2n) is 5.36. The van der Waals surface area contributed by atoms with Gasteiger partial charge in [0, 0.05) is 5.69 Å². The molecule has 0 bridgehead atoms. The molecule has 2 N–H and O–H groups in total. The summed E-state index contributed by atoms with van der Waals surface area (Å²) in [5.41, 5.74) is 2.32. The molecular formula is C16H18N2. The minimum Gasteiger partial charge on any atom is -0.362 e. The zero-order valence-corrected chi connectivity index (χ0v) is 10.8. The first-order chi connectivity index (χ1) is 8.64. The van der Waals surface area contributed by atoms with Gasteiger partial charge in [-0.3, -0.25) is 5.32 Å². The van der Waals surface area contributed by atoms with Crippen molar-refractivity contribution in [1.82, 2.24) is 5.32 Å². The minimum absolute atomic E-state index is 0.0597. The molecule has 2 aromatic rings. The first-order valence-corrected chi connectivity index (χ1v) is 6.32. The maximum atomic E-state index is 3.62. The Balaban J connectivity index is 1.96. The van der Waals surface area contributed by atoms with Crippen LogP contribution in [0.4, 0.5) is 5.69 Å². The molecule has 1 unspecified atom stereocenters. The lowest BCUT2D eigenvalue weighted by molar-refractivity contribution is 0.649. The second-order valence-corrected chi connectivity index (χ2v) is 5.36. The van der Waals surface area contributed by atoms with Crippen LogP contribution in [0.5, 0.6) is 0 Å². The van der Waals surface area contributed by atoms with Crippen molar-refractivity contribution in [2.45, 2.75) is 25.0 Å². The van der Waals surface area contributed by atoms with Crippen LogP contribution < -0.4 is 10.6 Å². The zero-order chi connectivity index (χ0) is 12.6. The van der Waals surface area contributed by atoms with Crippen LogP contribution in [0.2, 0.25) is 0 Å². The Morgan fingerprint density at radius 1 is 0.833 bits per heavy atom.